The number of aromatic hydroxyl groups is 1. The van der Waals surface area contributed by atoms with E-state index in [-0.39, 0.29) is 0 Å². The van der Waals surface area contributed by atoms with E-state index in [1.165, 1.54) is 5.56 Å². The van der Waals surface area contributed by atoms with Crippen LogP contribution in [0.3, 0.4) is 0 Å². The van der Waals surface area contributed by atoms with Crippen molar-refractivity contribution in [2.75, 3.05) is 26.2 Å². The van der Waals surface area contributed by atoms with E-state index in [1.54, 1.807) is 6.07 Å². The molecular formula is C14H21BrN2O. The normalized spacial score (nSPS) is 18.4. The molecule has 1 N–H and O–H groups in total. The average Bonchev–Trinajstić information content (AvgIpc) is 2.34. The molecule has 1 heterocycles. The Hall–Kier alpha value is -0.580. The Morgan fingerprint density at radius 1 is 1.22 bits per heavy atom. The fourth-order valence-corrected chi connectivity index (χ4v) is 2.77. The minimum absolute atomic E-state index is 0.309. The molecule has 4 heteroatoms. The van der Waals surface area contributed by atoms with Crippen molar-refractivity contribution in [3.63, 3.8) is 0 Å². The van der Waals surface area contributed by atoms with Crippen LogP contribution in [-0.2, 0) is 6.54 Å². The third-order valence-corrected chi connectivity index (χ3v) is 4.19. The first kappa shape index (κ1) is 13.8. The van der Waals surface area contributed by atoms with Gasteiger partial charge in [-0.3, -0.25) is 9.80 Å². The molecule has 0 atom stereocenters. The van der Waals surface area contributed by atoms with E-state index in [9.17, 15) is 5.11 Å². The van der Waals surface area contributed by atoms with Crippen molar-refractivity contribution in [3.05, 3.63) is 28.2 Å². The molecule has 0 aromatic heterocycles. The van der Waals surface area contributed by atoms with Crippen molar-refractivity contribution >= 4 is 15.9 Å². The largest absolute Gasteiger partial charge is 0.507 e. The van der Waals surface area contributed by atoms with Gasteiger partial charge < -0.3 is 5.11 Å². The molecule has 100 valence electrons. The van der Waals surface area contributed by atoms with Crippen molar-refractivity contribution in [2.24, 2.45) is 0 Å². The number of rotatable bonds is 3. The van der Waals surface area contributed by atoms with Crippen LogP contribution in [-0.4, -0.2) is 47.1 Å². The van der Waals surface area contributed by atoms with Gasteiger partial charge in [0.25, 0.3) is 0 Å². The van der Waals surface area contributed by atoms with Crippen molar-refractivity contribution < 1.29 is 5.11 Å². The highest BCUT2D eigenvalue weighted by Crippen LogP contribution is 2.25. The standard InChI is InChI=1S/C14H21BrN2O/c1-11(2)17-7-5-16(6-8-17)10-12-3-4-14(18)13(15)9-12/h3-4,9,11,18H,5-8,10H2,1-2H3. The third-order valence-electron chi connectivity index (χ3n) is 3.56. The van der Waals surface area contributed by atoms with E-state index in [0.29, 0.717) is 11.8 Å². The summed E-state index contributed by atoms with van der Waals surface area (Å²) >= 11 is 3.36. The van der Waals surface area contributed by atoms with E-state index in [2.05, 4.69) is 39.6 Å². The molecule has 1 aromatic carbocycles. The van der Waals surface area contributed by atoms with Crippen LogP contribution in [0, 0.1) is 0 Å². The molecule has 0 saturated carbocycles. The van der Waals surface area contributed by atoms with Crippen LogP contribution in [0.4, 0.5) is 0 Å². The number of nitrogens with zero attached hydrogens (tertiary/aromatic N) is 2. The molecule has 0 amide bonds. The molecule has 1 saturated heterocycles. The zero-order valence-corrected chi connectivity index (χ0v) is 12.7. The molecule has 1 fully saturated rings. The smallest absolute Gasteiger partial charge is 0.129 e. The number of halogens is 1. The maximum Gasteiger partial charge on any atom is 0.129 e. The van der Waals surface area contributed by atoms with Gasteiger partial charge in [0.15, 0.2) is 0 Å². The van der Waals surface area contributed by atoms with Crippen LogP contribution < -0.4 is 0 Å². The molecule has 0 aliphatic carbocycles. The lowest BCUT2D eigenvalue weighted by Crippen LogP contribution is -2.48. The summed E-state index contributed by atoms with van der Waals surface area (Å²) < 4.78 is 0.779. The SMILES string of the molecule is CC(C)N1CCN(Cc2ccc(O)c(Br)c2)CC1. The lowest BCUT2D eigenvalue weighted by atomic mass is 10.2. The number of phenolic OH excluding ortho intramolecular Hbond substituents is 1. The van der Waals surface area contributed by atoms with Gasteiger partial charge in [-0.1, -0.05) is 6.07 Å². The summed E-state index contributed by atoms with van der Waals surface area (Å²) in [6, 6.07) is 6.40. The topological polar surface area (TPSA) is 26.7 Å². The second-order valence-corrected chi connectivity index (χ2v) is 6.05. The van der Waals surface area contributed by atoms with Crippen LogP contribution in [0.25, 0.3) is 0 Å². The minimum atomic E-state index is 0.309. The summed E-state index contributed by atoms with van der Waals surface area (Å²) in [5.74, 6) is 0.309. The van der Waals surface area contributed by atoms with E-state index in [0.717, 1.165) is 37.2 Å². The molecule has 1 aromatic rings. The molecule has 1 aliphatic rings. The monoisotopic (exact) mass is 312 g/mol. The summed E-state index contributed by atoms with van der Waals surface area (Å²) in [4.78, 5) is 4.99. The Kier molecular flexibility index (Phi) is 4.65. The van der Waals surface area contributed by atoms with Gasteiger partial charge in [0.1, 0.15) is 5.75 Å². The third kappa shape index (κ3) is 3.46. The van der Waals surface area contributed by atoms with Gasteiger partial charge in [-0.2, -0.15) is 0 Å². The molecule has 0 unspecified atom stereocenters. The summed E-state index contributed by atoms with van der Waals surface area (Å²) in [6.07, 6.45) is 0. The molecular weight excluding hydrogens is 292 g/mol. The van der Waals surface area contributed by atoms with Crippen molar-refractivity contribution in [1.29, 1.82) is 0 Å². The number of hydrogen-bond acceptors (Lipinski definition) is 3. The van der Waals surface area contributed by atoms with Crippen LogP contribution in [0.15, 0.2) is 22.7 Å². The maximum absolute atomic E-state index is 9.48. The number of phenols is 1. The van der Waals surface area contributed by atoms with Crippen LogP contribution in [0.1, 0.15) is 19.4 Å². The van der Waals surface area contributed by atoms with Gasteiger partial charge in [0, 0.05) is 38.8 Å². The molecule has 0 bridgehead atoms. The van der Waals surface area contributed by atoms with Crippen molar-refractivity contribution in [3.8, 4) is 5.75 Å². The van der Waals surface area contributed by atoms with Crippen LogP contribution >= 0.6 is 15.9 Å². The Morgan fingerprint density at radius 2 is 1.89 bits per heavy atom. The number of hydrogen-bond donors (Lipinski definition) is 1. The Bertz CT molecular complexity index is 401. The predicted molar refractivity (Wildman–Crippen MR) is 77.8 cm³/mol. The lowest BCUT2D eigenvalue weighted by Gasteiger charge is -2.36. The lowest BCUT2D eigenvalue weighted by molar-refractivity contribution is 0.104. The van der Waals surface area contributed by atoms with Crippen molar-refractivity contribution in [2.45, 2.75) is 26.4 Å². The maximum atomic E-state index is 9.48. The van der Waals surface area contributed by atoms with Gasteiger partial charge in [-0.15, -0.1) is 0 Å². The second-order valence-electron chi connectivity index (χ2n) is 5.19. The molecule has 0 radical (unpaired) electrons. The zero-order valence-electron chi connectivity index (χ0n) is 11.1. The van der Waals surface area contributed by atoms with E-state index in [1.807, 2.05) is 12.1 Å². The summed E-state index contributed by atoms with van der Waals surface area (Å²) in [7, 11) is 0. The van der Waals surface area contributed by atoms with Gasteiger partial charge in [0.2, 0.25) is 0 Å². The van der Waals surface area contributed by atoms with Gasteiger partial charge in [0.05, 0.1) is 4.47 Å². The summed E-state index contributed by atoms with van der Waals surface area (Å²) in [5.41, 5.74) is 1.25. The highest BCUT2D eigenvalue weighted by Gasteiger charge is 2.18. The van der Waals surface area contributed by atoms with E-state index >= 15 is 0 Å². The van der Waals surface area contributed by atoms with Crippen LogP contribution in [0.5, 0.6) is 5.75 Å². The first-order valence-corrected chi connectivity index (χ1v) is 7.29. The molecule has 1 aliphatic heterocycles. The van der Waals surface area contributed by atoms with Crippen molar-refractivity contribution in [1.82, 2.24) is 9.80 Å². The summed E-state index contributed by atoms with van der Waals surface area (Å²) in [5, 5.41) is 9.48. The highest BCUT2D eigenvalue weighted by atomic mass is 79.9. The minimum Gasteiger partial charge on any atom is -0.507 e. The van der Waals surface area contributed by atoms with Gasteiger partial charge in [-0.05, 0) is 47.5 Å². The second kappa shape index (κ2) is 6.04. The van der Waals surface area contributed by atoms with Gasteiger partial charge >= 0.3 is 0 Å². The average molecular weight is 313 g/mol. The Balaban J connectivity index is 1.89. The van der Waals surface area contributed by atoms with E-state index in [4.69, 9.17) is 0 Å². The zero-order chi connectivity index (χ0) is 13.1. The van der Waals surface area contributed by atoms with Gasteiger partial charge in [-0.25, -0.2) is 0 Å². The summed E-state index contributed by atoms with van der Waals surface area (Å²) in [6.45, 7) is 10.0. The molecule has 3 nitrogen and oxygen atoms in total. The quantitative estimate of drug-likeness (QED) is 0.929. The first-order chi connectivity index (χ1) is 8.56. The fourth-order valence-electron chi connectivity index (χ4n) is 2.34. The number of benzene rings is 1. The number of piperazine rings is 1. The Morgan fingerprint density at radius 3 is 2.44 bits per heavy atom. The molecule has 0 spiro atoms. The fraction of sp³-hybridized carbons (Fsp3) is 0.571. The predicted octanol–water partition coefficient (Wildman–Crippen LogP) is 2.68. The van der Waals surface area contributed by atoms with Crippen LogP contribution in [0.2, 0.25) is 0 Å². The highest BCUT2D eigenvalue weighted by molar-refractivity contribution is 9.10. The molecule has 18 heavy (non-hydrogen) atoms. The molecule has 2 rings (SSSR count). The van der Waals surface area contributed by atoms with E-state index < -0.39 is 0 Å². The first-order valence-electron chi connectivity index (χ1n) is 6.50. The Labute approximate surface area is 118 Å².